The van der Waals surface area contributed by atoms with Crippen LogP contribution in [0, 0.1) is 13.8 Å². The highest BCUT2D eigenvalue weighted by Crippen LogP contribution is 2.29. The maximum absolute atomic E-state index is 12.3. The molecule has 0 spiro atoms. The minimum atomic E-state index is 0.248. The number of benzene rings is 1. The zero-order chi connectivity index (χ0) is 14.8. The van der Waals surface area contributed by atoms with Gasteiger partial charge in [0.1, 0.15) is 0 Å². The van der Waals surface area contributed by atoms with Crippen LogP contribution in [0.5, 0.6) is 0 Å². The number of nitrogens with zero attached hydrogens (tertiary/aromatic N) is 2. The van der Waals surface area contributed by atoms with Gasteiger partial charge < -0.3 is 4.90 Å². The molecule has 21 heavy (non-hydrogen) atoms. The number of amides is 1. The molecule has 0 aliphatic carbocycles. The predicted molar refractivity (Wildman–Crippen MR) is 82.9 cm³/mol. The Balaban J connectivity index is 1.75. The van der Waals surface area contributed by atoms with Gasteiger partial charge in [-0.2, -0.15) is 0 Å². The number of aromatic nitrogens is 1. The Hall–Kier alpha value is -2.16. The van der Waals surface area contributed by atoms with E-state index in [-0.39, 0.29) is 5.91 Å². The molecule has 1 saturated heterocycles. The second kappa shape index (κ2) is 5.68. The lowest BCUT2D eigenvalue weighted by molar-refractivity contribution is -0.128. The molecule has 1 aliphatic heterocycles. The predicted octanol–water partition coefficient (Wildman–Crippen LogP) is 3.21. The molecule has 1 unspecified atom stereocenters. The third-order valence-corrected chi connectivity index (χ3v) is 4.23. The molecule has 3 nitrogen and oxygen atoms in total. The zero-order valence-electron chi connectivity index (χ0n) is 12.5. The number of carbonyl (C=O) groups excluding carboxylic acids is 1. The number of pyridine rings is 1. The molecule has 0 N–H and O–H groups in total. The van der Waals surface area contributed by atoms with Gasteiger partial charge in [0, 0.05) is 37.8 Å². The minimum absolute atomic E-state index is 0.248. The fourth-order valence-corrected chi connectivity index (χ4v) is 2.96. The molecule has 1 aliphatic rings. The molecule has 3 heteroatoms. The second-order valence-corrected chi connectivity index (χ2v) is 5.89. The highest BCUT2D eigenvalue weighted by Gasteiger charge is 2.30. The van der Waals surface area contributed by atoms with Gasteiger partial charge in [0.15, 0.2) is 0 Å². The van der Waals surface area contributed by atoms with Gasteiger partial charge in [-0.25, -0.2) is 0 Å². The molecular weight excluding hydrogens is 260 g/mol. The van der Waals surface area contributed by atoms with Crippen LogP contribution >= 0.6 is 0 Å². The molecule has 0 saturated carbocycles. The van der Waals surface area contributed by atoms with Crippen molar-refractivity contribution in [2.45, 2.75) is 32.7 Å². The topological polar surface area (TPSA) is 33.2 Å². The normalized spacial score (nSPS) is 18.3. The molecular formula is C18H20N2O. The largest absolute Gasteiger partial charge is 0.338 e. The summed E-state index contributed by atoms with van der Waals surface area (Å²) in [6.45, 7) is 5.64. The molecule has 108 valence electrons. The van der Waals surface area contributed by atoms with Crippen molar-refractivity contribution in [3.63, 3.8) is 0 Å². The standard InChI is InChI=1S/C18H20N2O/c1-13-4-3-5-15(8-13)17-9-18(21)20(12-17)11-16-6-7-19-10-14(16)2/h3-8,10,17H,9,11-12H2,1-2H3. The van der Waals surface area contributed by atoms with Crippen molar-refractivity contribution in [2.24, 2.45) is 0 Å². The first kappa shape index (κ1) is 13.8. The summed E-state index contributed by atoms with van der Waals surface area (Å²) in [5, 5.41) is 0. The van der Waals surface area contributed by atoms with Gasteiger partial charge in [0.05, 0.1) is 0 Å². The van der Waals surface area contributed by atoms with E-state index >= 15 is 0 Å². The van der Waals surface area contributed by atoms with Gasteiger partial charge in [0.25, 0.3) is 0 Å². The minimum Gasteiger partial charge on any atom is -0.338 e. The first-order chi connectivity index (χ1) is 10.1. The Kier molecular flexibility index (Phi) is 3.74. The average Bonchev–Trinajstić information content (AvgIpc) is 2.83. The molecule has 0 bridgehead atoms. The van der Waals surface area contributed by atoms with Gasteiger partial charge in [-0.15, -0.1) is 0 Å². The average molecular weight is 280 g/mol. The quantitative estimate of drug-likeness (QED) is 0.865. The summed E-state index contributed by atoms with van der Waals surface area (Å²) >= 11 is 0. The summed E-state index contributed by atoms with van der Waals surface area (Å²) < 4.78 is 0. The van der Waals surface area contributed by atoms with Crippen molar-refractivity contribution in [3.8, 4) is 0 Å². The highest BCUT2D eigenvalue weighted by atomic mass is 16.2. The lowest BCUT2D eigenvalue weighted by atomic mass is 9.97. The van der Waals surface area contributed by atoms with E-state index in [0.29, 0.717) is 18.9 Å². The van der Waals surface area contributed by atoms with Gasteiger partial charge in [-0.05, 0) is 36.6 Å². The molecule has 1 amide bonds. The fraction of sp³-hybridized carbons (Fsp3) is 0.333. The van der Waals surface area contributed by atoms with Gasteiger partial charge >= 0.3 is 0 Å². The van der Waals surface area contributed by atoms with Gasteiger partial charge in [0.2, 0.25) is 5.91 Å². The number of likely N-dealkylation sites (tertiary alicyclic amines) is 1. The Bertz CT molecular complexity index is 666. The zero-order valence-corrected chi connectivity index (χ0v) is 12.5. The summed E-state index contributed by atoms with van der Waals surface area (Å²) in [4.78, 5) is 18.3. The van der Waals surface area contributed by atoms with E-state index in [9.17, 15) is 4.79 Å². The van der Waals surface area contributed by atoms with Crippen LogP contribution in [0.1, 0.15) is 34.6 Å². The highest BCUT2D eigenvalue weighted by molar-refractivity contribution is 5.79. The number of rotatable bonds is 3. The maximum Gasteiger partial charge on any atom is 0.223 e. The molecule has 1 fully saturated rings. The summed E-state index contributed by atoms with van der Waals surface area (Å²) in [5.74, 6) is 0.567. The Morgan fingerprint density at radius 2 is 2.14 bits per heavy atom. The lowest BCUT2D eigenvalue weighted by Crippen LogP contribution is -2.24. The van der Waals surface area contributed by atoms with Crippen molar-refractivity contribution in [1.29, 1.82) is 0 Å². The van der Waals surface area contributed by atoms with Crippen molar-refractivity contribution in [3.05, 3.63) is 65.0 Å². The molecule has 1 aromatic carbocycles. The number of carbonyl (C=O) groups is 1. The molecule has 1 atom stereocenters. The SMILES string of the molecule is Cc1cccc(C2CC(=O)N(Cc3ccncc3C)C2)c1. The van der Waals surface area contributed by atoms with Crippen molar-refractivity contribution in [1.82, 2.24) is 9.88 Å². The van der Waals surface area contributed by atoms with Gasteiger partial charge in [-0.3, -0.25) is 9.78 Å². The van der Waals surface area contributed by atoms with Crippen LogP contribution in [0.25, 0.3) is 0 Å². The monoisotopic (exact) mass is 280 g/mol. The van der Waals surface area contributed by atoms with Crippen LogP contribution in [-0.4, -0.2) is 22.3 Å². The van der Waals surface area contributed by atoms with Crippen molar-refractivity contribution in [2.75, 3.05) is 6.54 Å². The van der Waals surface area contributed by atoms with Crippen LogP contribution in [0.2, 0.25) is 0 Å². The molecule has 3 rings (SSSR count). The maximum atomic E-state index is 12.3. The lowest BCUT2D eigenvalue weighted by Gasteiger charge is -2.18. The summed E-state index contributed by atoms with van der Waals surface area (Å²) in [7, 11) is 0. The Labute approximate surface area is 125 Å². The van der Waals surface area contributed by atoms with E-state index in [0.717, 1.165) is 12.1 Å². The van der Waals surface area contributed by atoms with E-state index in [4.69, 9.17) is 0 Å². The van der Waals surface area contributed by atoms with Gasteiger partial charge in [-0.1, -0.05) is 29.8 Å². The van der Waals surface area contributed by atoms with Crippen molar-refractivity contribution < 1.29 is 4.79 Å². The van der Waals surface area contributed by atoms with Crippen LogP contribution in [0.15, 0.2) is 42.7 Å². The van der Waals surface area contributed by atoms with Crippen LogP contribution in [0.4, 0.5) is 0 Å². The van der Waals surface area contributed by atoms with E-state index in [1.807, 2.05) is 24.1 Å². The Morgan fingerprint density at radius 1 is 1.29 bits per heavy atom. The van der Waals surface area contributed by atoms with E-state index in [2.05, 4.69) is 36.2 Å². The Morgan fingerprint density at radius 3 is 2.90 bits per heavy atom. The molecule has 0 radical (unpaired) electrons. The summed E-state index contributed by atoms with van der Waals surface area (Å²) in [5.41, 5.74) is 4.85. The van der Waals surface area contributed by atoms with Crippen LogP contribution in [0.3, 0.4) is 0 Å². The summed E-state index contributed by atoms with van der Waals surface area (Å²) in [6.07, 6.45) is 4.27. The fourth-order valence-electron chi connectivity index (χ4n) is 2.96. The second-order valence-electron chi connectivity index (χ2n) is 5.89. The molecule has 2 heterocycles. The summed E-state index contributed by atoms with van der Waals surface area (Å²) in [6, 6.07) is 10.5. The van der Waals surface area contributed by atoms with E-state index in [1.54, 1.807) is 6.20 Å². The van der Waals surface area contributed by atoms with Crippen molar-refractivity contribution >= 4 is 5.91 Å². The first-order valence-electron chi connectivity index (χ1n) is 7.37. The smallest absolute Gasteiger partial charge is 0.223 e. The first-order valence-corrected chi connectivity index (χ1v) is 7.37. The third-order valence-electron chi connectivity index (χ3n) is 4.23. The van der Waals surface area contributed by atoms with Crippen LogP contribution in [-0.2, 0) is 11.3 Å². The molecule has 2 aromatic rings. The number of hydrogen-bond acceptors (Lipinski definition) is 2. The van der Waals surface area contributed by atoms with E-state index in [1.165, 1.54) is 16.7 Å². The van der Waals surface area contributed by atoms with E-state index < -0.39 is 0 Å². The molecule has 1 aromatic heterocycles. The number of aryl methyl sites for hydroxylation is 2. The van der Waals surface area contributed by atoms with Crippen LogP contribution < -0.4 is 0 Å². The number of hydrogen-bond donors (Lipinski definition) is 0. The third kappa shape index (κ3) is 2.97.